The number of nitrogens with zero attached hydrogens (tertiary/aromatic N) is 2. The smallest absolute Gasteiger partial charge is 0.236 e. The molecule has 1 heterocycles. The Morgan fingerprint density at radius 1 is 1.29 bits per heavy atom. The minimum atomic E-state index is -0.0804. The van der Waals surface area contributed by atoms with Gasteiger partial charge in [0, 0.05) is 19.1 Å². The molecule has 1 aromatic rings. The first-order valence-electron chi connectivity index (χ1n) is 7.74. The van der Waals surface area contributed by atoms with Gasteiger partial charge in [-0.1, -0.05) is 6.92 Å². The van der Waals surface area contributed by atoms with Gasteiger partial charge in [-0.2, -0.15) is 0 Å². The summed E-state index contributed by atoms with van der Waals surface area (Å²) in [6, 6.07) is 3.74. The Hall–Kier alpha value is -1.33. The molecule has 2 N–H and O–H groups in total. The molecule has 0 bridgehead atoms. The van der Waals surface area contributed by atoms with E-state index in [0.29, 0.717) is 6.54 Å². The minimum absolute atomic E-state index is 0.0648. The zero-order valence-electron chi connectivity index (χ0n) is 13.9. The average molecular weight is 295 g/mol. The van der Waals surface area contributed by atoms with Gasteiger partial charge in [-0.15, -0.1) is 0 Å². The van der Waals surface area contributed by atoms with E-state index in [2.05, 4.69) is 0 Å². The third kappa shape index (κ3) is 4.58. The van der Waals surface area contributed by atoms with Crippen LogP contribution in [0.3, 0.4) is 0 Å². The highest BCUT2D eigenvalue weighted by atomic mass is 16.3. The molecule has 0 aliphatic rings. The molecule has 0 spiro atoms. The molecule has 5 heteroatoms. The van der Waals surface area contributed by atoms with Gasteiger partial charge in [-0.25, -0.2) is 0 Å². The van der Waals surface area contributed by atoms with Gasteiger partial charge in [0.05, 0.1) is 12.6 Å². The molecule has 0 saturated heterocycles. The van der Waals surface area contributed by atoms with Crippen molar-refractivity contribution in [2.24, 2.45) is 5.73 Å². The average Bonchev–Trinajstić information content (AvgIpc) is 2.86. The Bertz CT molecular complexity index is 440. The second-order valence-electron chi connectivity index (χ2n) is 5.45. The lowest BCUT2D eigenvalue weighted by atomic mass is 10.0. The summed E-state index contributed by atoms with van der Waals surface area (Å²) in [7, 11) is 1.93. The van der Waals surface area contributed by atoms with Gasteiger partial charge in [0.1, 0.15) is 11.5 Å². The quantitative estimate of drug-likeness (QED) is 0.798. The molecular formula is C16H29N3O2. The van der Waals surface area contributed by atoms with E-state index >= 15 is 0 Å². The van der Waals surface area contributed by atoms with Crippen molar-refractivity contribution < 1.29 is 9.21 Å². The fourth-order valence-electron chi connectivity index (χ4n) is 2.58. The van der Waals surface area contributed by atoms with Crippen LogP contribution in [-0.2, 0) is 4.79 Å². The fraction of sp³-hybridized carbons (Fsp3) is 0.688. The SMILES string of the molecule is CCC(N)C(c1ccc(C)o1)N(C)CC(=O)N(CC)CC. The number of hydrogen-bond acceptors (Lipinski definition) is 4. The molecule has 0 saturated carbocycles. The summed E-state index contributed by atoms with van der Waals surface area (Å²) in [5, 5.41) is 0. The third-order valence-electron chi connectivity index (χ3n) is 3.91. The molecule has 1 rings (SSSR count). The summed E-state index contributed by atoms with van der Waals surface area (Å²) in [4.78, 5) is 16.1. The van der Waals surface area contributed by atoms with Gasteiger partial charge < -0.3 is 15.1 Å². The Kier molecular flexibility index (Phi) is 6.92. The van der Waals surface area contributed by atoms with Crippen molar-refractivity contribution in [3.8, 4) is 0 Å². The van der Waals surface area contributed by atoms with Gasteiger partial charge in [0.2, 0.25) is 5.91 Å². The lowest BCUT2D eigenvalue weighted by molar-refractivity contribution is -0.132. The van der Waals surface area contributed by atoms with Crippen LogP contribution in [0.25, 0.3) is 0 Å². The van der Waals surface area contributed by atoms with Crippen LogP contribution in [0.1, 0.15) is 44.8 Å². The van der Waals surface area contributed by atoms with Crippen LogP contribution >= 0.6 is 0 Å². The monoisotopic (exact) mass is 295 g/mol. The number of amides is 1. The van der Waals surface area contributed by atoms with E-state index in [1.807, 2.05) is 56.7 Å². The summed E-state index contributed by atoms with van der Waals surface area (Å²) in [5.41, 5.74) is 6.25. The van der Waals surface area contributed by atoms with Crippen molar-refractivity contribution in [3.05, 3.63) is 23.7 Å². The first kappa shape index (κ1) is 17.7. The molecule has 5 nitrogen and oxygen atoms in total. The van der Waals surface area contributed by atoms with E-state index in [1.54, 1.807) is 0 Å². The van der Waals surface area contributed by atoms with Crippen LogP contribution in [-0.4, -0.2) is 48.4 Å². The van der Waals surface area contributed by atoms with Crippen LogP contribution in [0.15, 0.2) is 16.5 Å². The molecule has 1 aromatic heterocycles. The number of aryl methyl sites for hydroxylation is 1. The molecule has 21 heavy (non-hydrogen) atoms. The van der Waals surface area contributed by atoms with Crippen LogP contribution in [0.2, 0.25) is 0 Å². The number of hydrogen-bond donors (Lipinski definition) is 1. The van der Waals surface area contributed by atoms with Crippen molar-refractivity contribution in [1.29, 1.82) is 0 Å². The Labute approximate surface area is 128 Å². The number of nitrogens with two attached hydrogens (primary N) is 1. The van der Waals surface area contributed by atoms with Crippen molar-refractivity contribution in [2.75, 3.05) is 26.7 Å². The first-order chi connectivity index (χ1) is 9.94. The van der Waals surface area contributed by atoms with E-state index in [-0.39, 0.29) is 18.0 Å². The van der Waals surface area contributed by atoms with Crippen LogP contribution < -0.4 is 5.73 Å². The third-order valence-corrected chi connectivity index (χ3v) is 3.91. The van der Waals surface area contributed by atoms with E-state index in [9.17, 15) is 4.79 Å². The zero-order valence-corrected chi connectivity index (χ0v) is 13.9. The highest BCUT2D eigenvalue weighted by Crippen LogP contribution is 2.25. The molecule has 0 aliphatic carbocycles. The van der Waals surface area contributed by atoms with Gasteiger partial charge in [-0.3, -0.25) is 9.69 Å². The molecule has 0 aromatic carbocycles. The van der Waals surface area contributed by atoms with Gasteiger partial charge in [-0.05, 0) is 46.4 Å². The van der Waals surface area contributed by atoms with E-state index in [0.717, 1.165) is 31.0 Å². The first-order valence-corrected chi connectivity index (χ1v) is 7.74. The summed E-state index contributed by atoms with van der Waals surface area (Å²) < 4.78 is 5.74. The predicted octanol–water partition coefficient (Wildman–Crippen LogP) is 2.17. The van der Waals surface area contributed by atoms with Gasteiger partial charge in [0.25, 0.3) is 0 Å². The largest absolute Gasteiger partial charge is 0.465 e. The maximum atomic E-state index is 12.3. The van der Waals surface area contributed by atoms with E-state index in [1.165, 1.54) is 0 Å². The van der Waals surface area contributed by atoms with Crippen molar-refractivity contribution in [1.82, 2.24) is 9.80 Å². The Morgan fingerprint density at radius 2 is 1.90 bits per heavy atom. The summed E-state index contributed by atoms with van der Waals surface area (Å²) in [5.74, 6) is 1.82. The lowest BCUT2D eigenvalue weighted by Crippen LogP contribution is -2.44. The number of likely N-dealkylation sites (N-methyl/N-ethyl adjacent to an activating group) is 2. The van der Waals surface area contributed by atoms with Crippen molar-refractivity contribution >= 4 is 5.91 Å². The summed E-state index contributed by atoms with van der Waals surface area (Å²) >= 11 is 0. The minimum Gasteiger partial charge on any atom is -0.465 e. The number of carbonyl (C=O) groups excluding carboxylic acids is 1. The molecular weight excluding hydrogens is 266 g/mol. The fourth-order valence-corrected chi connectivity index (χ4v) is 2.58. The number of furan rings is 1. The van der Waals surface area contributed by atoms with Crippen molar-refractivity contribution in [2.45, 2.75) is 46.2 Å². The zero-order chi connectivity index (χ0) is 16.0. The summed E-state index contributed by atoms with van der Waals surface area (Å²) in [6.45, 7) is 9.76. The predicted molar refractivity (Wildman–Crippen MR) is 85.0 cm³/mol. The second kappa shape index (κ2) is 8.20. The normalized spacial score (nSPS) is 14.2. The molecule has 0 radical (unpaired) electrons. The molecule has 1 amide bonds. The topological polar surface area (TPSA) is 62.7 Å². The number of rotatable bonds is 8. The van der Waals surface area contributed by atoms with Crippen LogP contribution in [0, 0.1) is 6.92 Å². The van der Waals surface area contributed by atoms with Gasteiger partial charge >= 0.3 is 0 Å². The number of carbonyl (C=O) groups is 1. The van der Waals surface area contributed by atoms with Crippen molar-refractivity contribution in [3.63, 3.8) is 0 Å². The lowest BCUT2D eigenvalue weighted by Gasteiger charge is -2.32. The molecule has 2 atom stereocenters. The maximum Gasteiger partial charge on any atom is 0.236 e. The summed E-state index contributed by atoms with van der Waals surface area (Å²) in [6.07, 6.45) is 0.828. The second-order valence-corrected chi connectivity index (χ2v) is 5.45. The molecule has 0 fully saturated rings. The van der Waals surface area contributed by atoms with Gasteiger partial charge in [0.15, 0.2) is 0 Å². The standard InChI is InChI=1S/C16H29N3O2/c1-6-13(17)16(14-10-9-12(4)21-14)18(5)11-15(20)19(7-2)8-3/h9-10,13,16H,6-8,11,17H2,1-5H3. The molecule has 120 valence electrons. The van der Waals surface area contributed by atoms with Crippen LogP contribution in [0.4, 0.5) is 0 Å². The van der Waals surface area contributed by atoms with Crippen LogP contribution in [0.5, 0.6) is 0 Å². The highest BCUT2D eigenvalue weighted by molar-refractivity contribution is 5.78. The van der Waals surface area contributed by atoms with E-state index in [4.69, 9.17) is 10.2 Å². The van der Waals surface area contributed by atoms with E-state index < -0.39 is 0 Å². The molecule has 0 aliphatic heterocycles. The highest BCUT2D eigenvalue weighted by Gasteiger charge is 2.28. The Morgan fingerprint density at radius 3 is 2.33 bits per heavy atom. The maximum absolute atomic E-state index is 12.3. The molecule has 2 unspecified atom stereocenters. The Balaban J connectivity index is 2.86.